The minimum atomic E-state index is -3.00. The predicted molar refractivity (Wildman–Crippen MR) is 83.4 cm³/mol. The highest BCUT2D eigenvalue weighted by molar-refractivity contribution is 6.30. The molecule has 0 bridgehead atoms. The summed E-state index contributed by atoms with van der Waals surface area (Å²) >= 11 is 5.72. The van der Waals surface area contributed by atoms with Crippen molar-refractivity contribution >= 4 is 29.2 Å². The Hall–Kier alpha value is -2.67. The summed E-state index contributed by atoms with van der Waals surface area (Å²) in [6, 6.07) is 11.5. The van der Waals surface area contributed by atoms with E-state index in [2.05, 4.69) is 10.1 Å². The first kappa shape index (κ1) is 17.7. The molecule has 1 N–H and O–H groups in total. The molecule has 0 heterocycles. The van der Waals surface area contributed by atoms with E-state index in [0.29, 0.717) is 10.7 Å². The van der Waals surface area contributed by atoms with Gasteiger partial charge in [0.2, 0.25) is 0 Å². The minimum absolute atomic E-state index is 0.00700. The third-order valence-electron chi connectivity index (χ3n) is 2.76. The van der Waals surface area contributed by atoms with Gasteiger partial charge in [-0.25, -0.2) is 4.79 Å². The summed E-state index contributed by atoms with van der Waals surface area (Å²) < 4.78 is 33.3. The molecule has 8 heteroatoms. The van der Waals surface area contributed by atoms with Gasteiger partial charge in [-0.2, -0.15) is 8.78 Å². The summed E-state index contributed by atoms with van der Waals surface area (Å²) in [7, 11) is 0. The van der Waals surface area contributed by atoms with Crippen LogP contribution in [0, 0.1) is 0 Å². The summed E-state index contributed by atoms with van der Waals surface area (Å²) in [5, 5.41) is 3.03. The van der Waals surface area contributed by atoms with Crippen LogP contribution in [0.15, 0.2) is 48.5 Å². The molecule has 0 radical (unpaired) electrons. The maximum absolute atomic E-state index is 12.1. The number of carbonyl (C=O) groups is 2. The van der Waals surface area contributed by atoms with E-state index >= 15 is 0 Å². The van der Waals surface area contributed by atoms with Crippen molar-refractivity contribution in [3.63, 3.8) is 0 Å². The molecule has 0 saturated heterocycles. The zero-order valence-electron chi connectivity index (χ0n) is 12.2. The molecule has 0 aliphatic rings. The average Bonchev–Trinajstić information content (AvgIpc) is 2.54. The number of esters is 1. The number of benzene rings is 2. The predicted octanol–water partition coefficient (Wildman–Crippen LogP) is 3.74. The molecule has 2 rings (SSSR count). The maximum atomic E-state index is 12.1. The van der Waals surface area contributed by atoms with Gasteiger partial charge in [0.15, 0.2) is 6.61 Å². The second-order valence-corrected chi connectivity index (χ2v) is 4.97. The number of halogens is 3. The Labute approximate surface area is 141 Å². The highest BCUT2D eigenvalue weighted by Crippen LogP contribution is 2.17. The summed E-state index contributed by atoms with van der Waals surface area (Å²) in [5.74, 6) is -1.56. The van der Waals surface area contributed by atoms with Gasteiger partial charge in [-0.1, -0.05) is 17.7 Å². The smallest absolute Gasteiger partial charge is 0.387 e. The van der Waals surface area contributed by atoms with Gasteiger partial charge >= 0.3 is 12.6 Å². The van der Waals surface area contributed by atoms with Gasteiger partial charge in [-0.15, -0.1) is 0 Å². The van der Waals surface area contributed by atoms with E-state index < -0.39 is 25.1 Å². The molecule has 24 heavy (non-hydrogen) atoms. The highest BCUT2D eigenvalue weighted by Gasteiger charge is 2.12. The Kier molecular flexibility index (Phi) is 6.08. The fourth-order valence-electron chi connectivity index (χ4n) is 1.74. The molecule has 126 valence electrons. The number of hydrogen-bond acceptors (Lipinski definition) is 4. The third kappa shape index (κ3) is 5.51. The standard InChI is InChI=1S/C16H12ClF2NO4/c17-11-4-6-12(7-5-11)20-14(21)9-23-15(22)10-2-1-3-13(8-10)24-16(18)19/h1-8,16H,9H2,(H,20,21). The molecule has 0 fully saturated rings. The number of nitrogens with one attached hydrogen (secondary N) is 1. The number of ether oxygens (including phenoxy) is 2. The van der Waals surface area contributed by atoms with Gasteiger partial charge in [0.1, 0.15) is 5.75 Å². The van der Waals surface area contributed by atoms with Gasteiger partial charge in [-0.05, 0) is 42.5 Å². The van der Waals surface area contributed by atoms with Crippen molar-refractivity contribution in [3.05, 3.63) is 59.1 Å². The fourth-order valence-corrected chi connectivity index (χ4v) is 1.87. The summed E-state index contributed by atoms with van der Waals surface area (Å²) in [5.41, 5.74) is 0.486. The molecule has 2 aromatic carbocycles. The molecule has 0 saturated carbocycles. The van der Waals surface area contributed by atoms with E-state index in [1.807, 2.05) is 0 Å². The van der Waals surface area contributed by atoms with Crippen LogP contribution in [-0.4, -0.2) is 25.1 Å². The van der Waals surface area contributed by atoms with E-state index in [1.54, 1.807) is 24.3 Å². The van der Waals surface area contributed by atoms with Crippen molar-refractivity contribution in [2.75, 3.05) is 11.9 Å². The Morgan fingerprint density at radius 1 is 1.12 bits per heavy atom. The lowest BCUT2D eigenvalue weighted by atomic mass is 10.2. The number of rotatable bonds is 6. The fraction of sp³-hybridized carbons (Fsp3) is 0.125. The third-order valence-corrected chi connectivity index (χ3v) is 3.01. The topological polar surface area (TPSA) is 64.6 Å². The molecule has 2 aromatic rings. The largest absolute Gasteiger partial charge is 0.452 e. The second-order valence-electron chi connectivity index (χ2n) is 4.54. The Morgan fingerprint density at radius 2 is 1.83 bits per heavy atom. The average molecular weight is 356 g/mol. The molecule has 0 aliphatic heterocycles. The lowest BCUT2D eigenvalue weighted by Gasteiger charge is -2.08. The van der Waals surface area contributed by atoms with Gasteiger partial charge in [0, 0.05) is 10.7 Å². The van der Waals surface area contributed by atoms with Crippen LogP contribution in [0.5, 0.6) is 5.75 Å². The zero-order chi connectivity index (χ0) is 17.5. The lowest BCUT2D eigenvalue weighted by molar-refractivity contribution is -0.119. The number of hydrogen-bond donors (Lipinski definition) is 1. The van der Waals surface area contributed by atoms with Gasteiger partial charge < -0.3 is 14.8 Å². The van der Waals surface area contributed by atoms with Crippen LogP contribution >= 0.6 is 11.6 Å². The van der Waals surface area contributed by atoms with E-state index in [9.17, 15) is 18.4 Å². The van der Waals surface area contributed by atoms with E-state index in [0.717, 1.165) is 6.07 Å². The van der Waals surface area contributed by atoms with Crippen molar-refractivity contribution in [1.82, 2.24) is 0 Å². The van der Waals surface area contributed by atoms with Crippen LogP contribution in [0.3, 0.4) is 0 Å². The number of carbonyl (C=O) groups excluding carboxylic acids is 2. The van der Waals surface area contributed by atoms with Crippen LogP contribution in [0.2, 0.25) is 5.02 Å². The first-order valence-corrected chi connectivity index (χ1v) is 7.09. The molecule has 1 amide bonds. The summed E-state index contributed by atoms with van der Waals surface area (Å²) in [4.78, 5) is 23.5. The highest BCUT2D eigenvalue weighted by atomic mass is 35.5. The normalized spacial score (nSPS) is 10.3. The Bertz CT molecular complexity index is 722. The van der Waals surface area contributed by atoms with Crippen molar-refractivity contribution in [2.24, 2.45) is 0 Å². The van der Waals surface area contributed by atoms with Crippen molar-refractivity contribution in [3.8, 4) is 5.75 Å². The van der Waals surface area contributed by atoms with Crippen molar-refractivity contribution in [1.29, 1.82) is 0 Å². The molecule has 0 unspecified atom stereocenters. The first-order chi connectivity index (χ1) is 11.4. The van der Waals surface area contributed by atoms with Crippen LogP contribution < -0.4 is 10.1 Å². The SMILES string of the molecule is O=C(COC(=O)c1cccc(OC(F)F)c1)Nc1ccc(Cl)cc1. The number of anilines is 1. The van der Waals surface area contributed by atoms with Gasteiger partial charge in [0.05, 0.1) is 5.56 Å². The number of amides is 1. The molecule has 0 spiro atoms. The summed E-state index contributed by atoms with van der Waals surface area (Å²) in [6.07, 6.45) is 0. The summed E-state index contributed by atoms with van der Waals surface area (Å²) in [6.45, 7) is -3.53. The van der Waals surface area contributed by atoms with E-state index in [4.69, 9.17) is 16.3 Å². The monoisotopic (exact) mass is 355 g/mol. The molecule has 0 aliphatic carbocycles. The molecule has 5 nitrogen and oxygen atoms in total. The van der Waals surface area contributed by atoms with E-state index in [-0.39, 0.29) is 11.3 Å². The second kappa shape index (κ2) is 8.26. The molecular formula is C16H12ClF2NO4. The van der Waals surface area contributed by atoms with Crippen molar-refractivity contribution < 1.29 is 27.8 Å². The van der Waals surface area contributed by atoms with Crippen LogP contribution in [0.4, 0.5) is 14.5 Å². The van der Waals surface area contributed by atoms with Crippen LogP contribution in [-0.2, 0) is 9.53 Å². The molecular weight excluding hydrogens is 344 g/mol. The van der Waals surface area contributed by atoms with E-state index in [1.165, 1.54) is 18.2 Å². The number of alkyl halides is 2. The Balaban J connectivity index is 1.88. The van der Waals surface area contributed by atoms with Gasteiger partial charge in [-0.3, -0.25) is 4.79 Å². The van der Waals surface area contributed by atoms with Crippen LogP contribution in [0.25, 0.3) is 0 Å². The Morgan fingerprint density at radius 3 is 2.50 bits per heavy atom. The minimum Gasteiger partial charge on any atom is -0.452 e. The molecule has 0 aromatic heterocycles. The first-order valence-electron chi connectivity index (χ1n) is 6.71. The van der Waals surface area contributed by atoms with Crippen molar-refractivity contribution in [2.45, 2.75) is 6.61 Å². The quantitative estimate of drug-likeness (QED) is 0.802. The zero-order valence-corrected chi connectivity index (χ0v) is 12.9. The maximum Gasteiger partial charge on any atom is 0.387 e. The van der Waals surface area contributed by atoms with Crippen LogP contribution in [0.1, 0.15) is 10.4 Å². The molecule has 0 atom stereocenters. The van der Waals surface area contributed by atoms with Gasteiger partial charge in [0.25, 0.3) is 5.91 Å². The lowest BCUT2D eigenvalue weighted by Crippen LogP contribution is -2.20.